The van der Waals surface area contributed by atoms with E-state index in [9.17, 15) is 4.79 Å². The van der Waals surface area contributed by atoms with Gasteiger partial charge >= 0.3 is 14.7 Å². The van der Waals surface area contributed by atoms with Gasteiger partial charge in [0.15, 0.2) is 0 Å². The van der Waals surface area contributed by atoms with Crippen LogP contribution < -0.4 is 0 Å². The summed E-state index contributed by atoms with van der Waals surface area (Å²) in [7, 11) is -0.892. The number of carbonyl (C=O) groups is 1. The van der Waals surface area contributed by atoms with Gasteiger partial charge in [-0.25, -0.2) is 4.79 Å². The molecule has 0 saturated heterocycles. The van der Waals surface area contributed by atoms with Crippen LogP contribution in [0.15, 0.2) is 24.3 Å². The third-order valence-corrected chi connectivity index (χ3v) is 4.55. The Hall–Kier alpha value is -1.33. The number of aryl methyl sites for hydroxylation is 1. The molecular formula is C16H30O4Si. The molecule has 0 fully saturated rings. The number of hydrogen-bond acceptors (Lipinski definition) is 4. The fourth-order valence-electron chi connectivity index (χ4n) is 1.49. The summed E-state index contributed by atoms with van der Waals surface area (Å²) in [5, 5.41) is 0. The summed E-state index contributed by atoms with van der Waals surface area (Å²) in [5.74, 6) is 0. The van der Waals surface area contributed by atoms with Crippen LogP contribution in [-0.4, -0.2) is 21.8 Å². The Morgan fingerprint density at radius 3 is 2.00 bits per heavy atom. The quantitative estimate of drug-likeness (QED) is 0.579. The number of hydrogen-bond donors (Lipinski definition) is 0. The first-order valence-electron chi connectivity index (χ1n) is 6.20. The summed E-state index contributed by atoms with van der Waals surface area (Å²) in [6.07, 6.45) is -0.691. The van der Waals surface area contributed by atoms with E-state index in [-0.39, 0.29) is 14.9 Å². The summed E-state index contributed by atoms with van der Waals surface area (Å²) in [6.45, 7) is 9.25. The average molecular weight is 314 g/mol. The van der Waals surface area contributed by atoms with Gasteiger partial charge in [-0.1, -0.05) is 44.7 Å². The maximum atomic E-state index is 11.8. The van der Waals surface area contributed by atoms with Crippen LogP contribution in [0.4, 0.5) is 4.79 Å². The Balaban J connectivity index is 0. The van der Waals surface area contributed by atoms with Crippen LogP contribution in [0, 0.1) is 6.92 Å². The lowest BCUT2D eigenvalue weighted by Crippen LogP contribution is -2.38. The van der Waals surface area contributed by atoms with E-state index in [1.54, 1.807) is 13.1 Å². The van der Waals surface area contributed by atoms with Crippen molar-refractivity contribution in [1.29, 1.82) is 0 Å². The van der Waals surface area contributed by atoms with Crippen LogP contribution in [-0.2, 0) is 19.2 Å². The fourth-order valence-corrected chi connectivity index (χ4v) is 2.01. The molecule has 0 aliphatic heterocycles. The Labute approximate surface area is 130 Å². The van der Waals surface area contributed by atoms with Crippen molar-refractivity contribution in [1.82, 2.24) is 0 Å². The van der Waals surface area contributed by atoms with Crippen molar-refractivity contribution in [2.24, 2.45) is 0 Å². The van der Waals surface area contributed by atoms with Crippen molar-refractivity contribution in [2.45, 2.75) is 54.3 Å². The number of ether oxygens (including phenoxy) is 1. The standard InChI is InChI=1S/C14H22O4Si.2CH4/c1-11-7-9-12(10-8-11)14(2,3)17-13(15)18-19(5,6)16-4;;/h7-10H,1-6H3;2*1H4. The van der Waals surface area contributed by atoms with Crippen molar-refractivity contribution in [3.63, 3.8) is 0 Å². The molecule has 0 spiro atoms. The minimum Gasteiger partial charge on any atom is -0.463 e. The molecule has 0 aliphatic rings. The van der Waals surface area contributed by atoms with Crippen LogP contribution in [0.1, 0.15) is 39.8 Å². The monoisotopic (exact) mass is 314 g/mol. The summed E-state index contributed by atoms with van der Waals surface area (Å²) < 4.78 is 15.8. The number of benzene rings is 1. The maximum Gasteiger partial charge on any atom is 0.496 e. The van der Waals surface area contributed by atoms with Crippen molar-refractivity contribution >= 4 is 14.7 Å². The summed E-state index contributed by atoms with van der Waals surface area (Å²) in [6, 6.07) is 7.86. The van der Waals surface area contributed by atoms with Gasteiger partial charge in [0.25, 0.3) is 0 Å². The zero-order chi connectivity index (χ0) is 14.7. The molecule has 0 atom stereocenters. The van der Waals surface area contributed by atoms with Crippen molar-refractivity contribution in [3.05, 3.63) is 35.4 Å². The molecule has 4 nitrogen and oxygen atoms in total. The van der Waals surface area contributed by atoms with Gasteiger partial charge in [-0.3, -0.25) is 0 Å². The topological polar surface area (TPSA) is 44.8 Å². The van der Waals surface area contributed by atoms with E-state index >= 15 is 0 Å². The Kier molecular flexibility index (Phi) is 8.57. The second-order valence-corrected chi connectivity index (χ2v) is 8.85. The molecule has 1 rings (SSSR count). The largest absolute Gasteiger partial charge is 0.496 e. The Morgan fingerprint density at radius 1 is 1.10 bits per heavy atom. The number of carbonyl (C=O) groups excluding carboxylic acids is 1. The lowest BCUT2D eigenvalue weighted by Gasteiger charge is -2.28. The van der Waals surface area contributed by atoms with Gasteiger partial charge in [0.2, 0.25) is 0 Å². The zero-order valence-corrected chi connectivity index (χ0v) is 13.4. The van der Waals surface area contributed by atoms with Crippen molar-refractivity contribution in [3.8, 4) is 0 Å². The normalized spacial score (nSPS) is 11.0. The average Bonchev–Trinajstić information content (AvgIpc) is 2.28. The van der Waals surface area contributed by atoms with Gasteiger partial charge in [-0.15, -0.1) is 0 Å². The van der Waals surface area contributed by atoms with E-state index in [0.717, 1.165) is 11.1 Å². The van der Waals surface area contributed by atoms with E-state index in [4.69, 9.17) is 13.6 Å². The molecule has 1 aromatic carbocycles. The molecule has 0 radical (unpaired) electrons. The molecule has 0 amide bonds. The second kappa shape index (κ2) is 8.19. The summed E-state index contributed by atoms with van der Waals surface area (Å²) in [4.78, 5) is 11.8. The van der Waals surface area contributed by atoms with E-state index in [0.29, 0.717) is 0 Å². The SMILES string of the molecule is C.C.CO[Si](C)(C)OC(=O)OC(C)(C)c1ccc(C)cc1. The third-order valence-electron chi connectivity index (χ3n) is 2.91. The number of rotatable bonds is 4. The van der Waals surface area contributed by atoms with E-state index < -0.39 is 20.3 Å². The van der Waals surface area contributed by atoms with Crippen LogP contribution in [0.3, 0.4) is 0 Å². The molecule has 0 aliphatic carbocycles. The summed E-state index contributed by atoms with van der Waals surface area (Å²) in [5.41, 5.74) is 1.35. The minimum absolute atomic E-state index is 0. The molecular weight excluding hydrogens is 284 g/mol. The minimum atomic E-state index is -2.42. The van der Waals surface area contributed by atoms with E-state index in [1.165, 1.54) is 7.11 Å². The smallest absolute Gasteiger partial charge is 0.463 e. The molecule has 21 heavy (non-hydrogen) atoms. The zero-order valence-electron chi connectivity index (χ0n) is 12.4. The predicted molar refractivity (Wildman–Crippen MR) is 89.7 cm³/mol. The lowest BCUT2D eigenvalue weighted by atomic mass is 9.97. The van der Waals surface area contributed by atoms with Crippen molar-refractivity contribution in [2.75, 3.05) is 7.11 Å². The predicted octanol–water partition coefficient (Wildman–Crippen LogP) is 5.00. The Morgan fingerprint density at radius 2 is 1.57 bits per heavy atom. The molecule has 1 aromatic rings. The molecule has 0 unspecified atom stereocenters. The molecule has 0 aromatic heterocycles. The van der Waals surface area contributed by atoms with Crippen LogP contribution in [0.25, 0.3) is 0 Å². The lowest BCUT2D eigenvalue weighted by molar-refractivity contribution is -0.000120. The van der Waals surface area contributed by atoms with Gasteiger partial charge in [-0.05, 0) is 39.4 Å². The van der Waals surface area contributed by atoms with E-state index in [2.05, 4.69) is 0 Å². The van der Waals surface area contributed by atoms with Crippen molar-refractivity contribution < 1.29 is 18.4 Å². The maximum absolute atomic E-state index is 11.8. The third kappa shape index (κ3) is 6.77. The highest BCUT2D eigenvalue weighted by atomic mass is 28.4. The van der Waals surface area contributed by atoms with Gasteiger partial charge in [0, 0.05) is 7.11 Å². The first kappa shape index (κ1) is 22.0. The summed E-state index contributed by atoms with van der Waals surface area (Å²) >= 11 is 0. The van der Waals surface area contributed by atoms with Gasteiger partial charge in [0.05, 0.1) is 0 Å². The molecule has 122 valence electrons. The fraction of sp³-hybridized carbons (Fsp3) is 0.562. The molecule has 0 bridgehead atoms. The highest BCUT2D eigenvalue weighted by Crippen LogP contribution is 2.26. The molecule has 0 N–H and O–H groups in total. The first-order chi connectivity index (χ1) is 8.66. The Bertz CT molecular complexity index is 438. The molecule has 0 heterocycles. The van der Waals surface area contributed by atoms with Crippen LogP contribution in [0.5, 0.6) is 0 Å². The van der Waals surface area contributed by atoms with Gasteiger partial charge < -0.3 is 13.6 Å². The van der Waals surface area contributed by atoms with Crippen LogP contribution >= 0.6 is 0 Å². The molecule has 0 saturated carbocycles. The first-order valence-corrected chi connectivity index (χ1v) is 9.02. The van der Waals surface area contributed by atoms with E-state index in [1.807, 2.05) is 45.0 Å². The van der Waals surface area contributed by atoms with Gasteiger partial charge in [-0.2, -0.15) is 0 Å². The van der Waals surface area contributed by atoms with Crippen LogP contribution in [0.2, 0.25) is 13.1 Å². The highest BCUT2D eigenvalue weighted by molar-refractivity contribution is 6.66. The highest BCUT2D eigenvalue weighted by Gasteiger charge is 2.32. The van der Waals surface area contributed by atoms with Gasteiger partial charge in [0.1, 0.15) is 5.60 Å². The second-order valence-electron chi connectivity index (χ2n) is 5.43. The molecule has 5 heteroatoms.